The van der Waals surface area contributed by atoms with Crippen LogP contribution in [0.25, 0.3) is 5.57 Å². The molecule has 0 aliphatic heterocycles. The zero-order chi connectivity index (χ0) is 21.1. The van der Waals surface area contributed by atoms with Crippen molar-refractivity contribution in [2.45, 2.75) is 9.79 Å². The minimum atomic E-state index is 0.970. The fourth-order valence-corrected chi connectivity index (χ4v) is 8.01. The third-order valence-electron chi connectivity index (χ3n) is 4.42. The summed E-state index contributed by atoms with van der Waals surface area (Å²) in [6.07, 6.45) is 0. The first-order valence-corrected chi connectivity index (χ1v) is 14.1. The molecule has 4 heteroatoms. The van der Waals surface area contributed by atoms with Gasteiger partial charge in [0.1, 0.15) is 0 Å². The lowest BCUT2D eigenvalue weighted by atomic mass is 10.00. The van der Waals surface area contributed by atoms with Crippen LogP contribution in [-0.2, 0) is 0 Å². The molecule has 0 amide bonds. The SMILES string of the molecule is c1ccc(SSCSC(Sc2ccccc2)=C(c2ccccc2)c2ccccc2)cc1. The number of hydrogen-bond donors (Lipinski definition) is 0. The third-order valence-corrected chi connectivity index (χ3v) is 9.62. The molecular weight excluding hydrogens is 453 g/mol. The highest BCUT2D eigenvalue weighted by molar-refractivity contribution is 8.78. The van der Waals surface area contributed by atoms with E-state index >= 15 is 0 Å². The van der Waals surface area contributed by atoms with Crippen LogP contribution in [0.2, 0.25) is 0 Å². The van der Waals surface area contributed by atoms with Crippen molar-refractivity contribution < 1.29 is 0 Å². The molecule has 0 aromatic heterocycles. The third kappa shape index (κ3) is 6.75. The molecule has 0 unspecified atom stereocenters. The fourth-order valence-electron chi connectivity index (χ4n) is 3.01. The largest absolute Gasteiger partial charge is 0.106 e. The summed E-state index contributed by atoms with van der Waals surface area (Å²) in [4.78, 5) is 2.55. The average molecular weight is 475 g/mol. The van der Waals surface area contributed by atoms with E-state index in [1.165, 1.54) is 30.7 Å². The zero-order valence-corrected chi connectivity index (χ0v) is 20.2. The highest BCUT2D eigenvalue weighted by Crippen LogP contribution is 2.45. The van der Waals surface area contributed by atoms with Crippen LogP contribution in [0.1, 0.15) is 11.1 Å². The summed E-state index contributed by atoms with van der Waals surface area (Å²) in [6, 6.07) is 42.7. The quantitative estimate of drug-likeness (QED) is 0.102. The van der Waals surface area contributed by atoms with E-state index < -0.39 is 0 Å². The smallest absolute Gasteiger partial charge is 0.0552 e. The Morgan fingerprint density at radius 3 is 1.48 bits per heavy atom. The normalized spacial score (nSPS) is 10.6. The van der Waals surface area contributed by atoms with Gasteiger partial charge in [-0.3, -0.25) is 0 Å². The number of hydrogen-bond acceptors (Lipinski definition) is 4. The molecule has 0 atom stereocenters. The Labute approximate surface area is 201 Å². The van der Waals surface area contributed by atoms with Crippen LogP contribution in [0.4, 0.5) is 0 Å². The van der Waals surface area contributed by atoms with Crippen molar-refractivity contribution in [2.24, 2.45) is 0 Å². The Morgan fingerprint density at radius 2 is 0.968 bits per heavy atom. The first-order valence-electron chi connectivity index (χ1n) is 9.95. The van der Waals surface area contributed by atoms with Crippen molar-refractivity contribution >= 4 is 50.7 Å². The standard InChI is InChI=1S/C27H22S4/c1-5-13-22(14-6-1)26(23-15-7-2-8-16-23)27(30-24-17-9-3-10-18-24)28-21-29-31-25-19-11-4-12-20-25/h1-20H,21H2. The second-order valence-electron chi connectivity index (χ2n) is 6.59. The second kappa shape index (κ2) is 12.2. The molecule has 0 spiro atoms. The summed E-state index contributed by atoms with van der Waals surface area (Å²) >= 11 is 3.77. The van der Waals surface area contributed by atoms with Gasteiger partial charge in [-0.05, 0) is 35.4 Å². The van der Waals surface area contributed by atoms with Gasteiger partial charge in [-0.25, -0.2) is 0 Å². The van der Waals surface area contributed by atoms with Crippen molar-refractivity contribution in [3.8, 4) is 0 Å². The molecule has 31 heavy (non-hydrogen) atoms. The van der Waals surface area contributed by atoms with E-state index in [9.17, 15) is 0 Å². The van der Waals surface area contributed by atoms with E-state index in [0.717, 1.165) is 5.08 Å². The minimum Gasteiger partial charge on any atom is -0.106 e. The maximum absolute atomic E-state index is 2.21. The van der Waals surface area contributed by atoms with Gasteiger partial charge < -0.3 is 0 Å². The first-order chi connectivity index (χ1) is 15.4. The topological polar surface area (TPSA) is 0 Å². The van der Waals surface area contributed by atoms with Gasteiger partial charge in [-0.15, -0.1) is 11.8 Å². The van der Waals surface area contributed by atoms with Crippen LogP contribution in [0.15, 0.2) is 135 Å². The molecule has 0 fully saturated rings. The van der Waals surface area contributed by atoms with Crippen molar-refractivity contribution in [3.63, 3.8) is 0 Å². The van der Waals surface area contributed by atoms with Gasteiger partial charge in [0.05, 0.1) is 9.32 Å². The van der Waals surface area contributed by atoms with Gasteiger partial charge in [0.25, 0.3) is 0 Å². The predicted molar refractivity (Wildman–Crippen MR) is 144 cm³/mol. The number of benzene rings is 4. The lowest BCUT2D eigenvalue weighted by Gasteiger charge is -2.16. The van der Waals surface area contributed by atoms with E-state index in [2.05, 4.69) is 121 Å². The lowest BCUT2D eigenvalue weighted by Crippen LogP contribution is -1.91. The Morgan fingerprint density at radius 1 is 0.516 bits per heavy atom. The summed E-state index contributed by atoms with van der Waals surface area (Å²) in [6.45, 7) is 0. The molecule has 0 N–H and O–H groups in total. The van der Waals surface area contributed by atoms with E-state index in [1.807, 2.05) is 45.1 Å². The molecule has 0 nitrogen and oxygen atoms in total. The van der Waals surface area contributed by atoms with Gasteiger partial charge in [-0.2, -0.15) is 0 Å². The molecular formula is C27H22S4. The summed E-state index contributed by atoms with van der Waals surface area (Å²) in [5.74, 6) is 0. The van der Waals surface area contributed by atoms with Gasteiger partial charge in [0.2, 0.25) is 0 Å². The van der Waals surface area contributed by atoms with Gasteiger partial charge in [0.15, 0.2) is 0 Å². The van der Waals surface area contributed by atoms with Crippen molar-refractivity contribution in [3.05, 3.63) is 137 Å². The predicted octanol–water partition coefficient (Wildman–Crippen LogP) is 9.33. The number of thioether (sulfide) groups is 2. The highest BCUT2D eigenvalue weighted by atomic mass is 33.1. The average Bonchev–Trinajstić information content (AvgIpc) is 2.84. The van der Waals surface area contributed by atoms with Crippen LogP contribution in [0.3, 0.4) is 0 Å². The van der Waals surface area contributed by atoms with Gasteiger partial charge in [0, 0.05) is 15.4 Å². The van der Waals surface area contributed by atoms with Crippen LogP contribution in [0.5, 0.6) is 0 Å². The van der Waals surface area contributed by atoms with Gasteiger partial charge >= 0.3 is 0 Å². The Hall–Kier alpha value is -1.98. The first kappa shape index (κ1) is 22.2. The second-order valence-corrected chi connectivity index (χ2v) is 11.6. The molecule has 0 aliphatic rings. The fraction of sp³-hybridized carbons (Fsp3) is 0.0370. The molecule has 0 radical (unpaired) electrons. The molecule has 0 saturated heterocycles. The number of rotatable bonds is 9. The minimum absolute atomic E-state index is 0.970. The van der Waals surface area contributed by atoms with Crippen LogP contribution in [0, 0.1) is 0 Å². The monoisotopic (exact) mass is 474 g/mol. The van der Waals surface area contributed by atoms with Crippen LogP contribution < -0.4 is 0 Å². The molecule has 0 heterocycles. The molecule has 4 aromatic rings. The van der Waals surface area contributed by atoms with Crippen LogP contribution >= 0.6 is 45.1 Å². The molecule has 4 aromatic carbocycles. The molecule has 0 bridgehead atoms. The lowest BCUT2D eigenvalue weighted by molar-refractivity contribution is 1.47. The summed E-state index contributed by atoms with van der Waals surface area (Å²) < 4.78 is 1.32. The molecule has 4 rings (SSSR count). The van der Waals surface area contributed by atoms with Crippen LogP contribution in [-0.4, -0.2) is 5.08 Å². The Kier molecular flexibility index (Phi) is 8.72. The van der Waals surface area contributed by atoms with E-state index in [4.69, 9.17) is 0 Å². The summed E-state index contributed by atoms with van der Waals surface area (Å²) in [5.41, 5.74) is 3.80. The van der Waals surface area contributed by atoms with Crippen molar-refractivity contribution in [1.29, 1.82) is 0 Å². The van der Waals surface area contributed by atoms with E-state index in [-0.39, 0.29) is 0 Å². The molecule has 0 aliphatic carbocycles. The molecule has 154 valence electrons. The Balaban J connectivity index is 1.64. The Bertz CT molecular complexity index is 1040. The summed E-state index contributed by atoms with van der Waals surface area (Å²) in [5, 5.41) is 0.970. The maximum atomic E-state index is 2.21. The highest BCUT2D eigenvalue weighted by Gasteiger charge is 2.14. The van der Waals surface area contributed by atoms with Crippen molar-refractivity contribution in [1.82, 2.24) is 0 Å². The van der Waals surface area contributed by atoms with Crippen molar-refractivity contribution in [2.75, 3.05) is 5.08 Å². The maximum Gasteiger partial charge on any atom is 0.0552 e. The molecule has 0 saturated carbocycles. The van der Waals surface area contributed by atoms with E-state index in [1.54, 1.807) is 0 Å². The zero-order valence-electron chi connectivity index (χ0n) is 16.9. The van der Waals surface area contributed by atoms with Gasteiger partial charge in [-0.1, -0.05) is 130 Å². The summed E-state index contributed by atoms with van der Waals surface area (Å²) in [7, 11) is 3.72. The van der Waals surface area contributed by atoms with E-state index in [0.29, 0.717) is 0 Å².